The largest absolute Gasteiger partial charge is 0.506 e. The van der Waals surface area contributed by atoms with E-state index in [2.05, 4.69) is 20.2 Å². The number of ether oxygens (including phenoxy) is 1. The van der Waals surface area contributed by atoms with Crippen LogP contribution in [0.3, 0.4) is 0 Å². The number of benzene rings is 1. The van der Waals surface area contributed by atoms with Gasteiger partial charge < -0.3 is 29.2 Å². The first kappa shape index (κ1) is 27.3. The fraction of sp³-hybridized carbons (Fsp3) is 0.321. The van der Waals surface area contributed by atoms with Crippen LogP contribution >= 0.6 is 23.2 Å². The Morgan fingerprint density at radius 2 is 2.05 bits per heavy atom. The number of morpholine rings is 1. The second-order valence-corrected chi connectivity index (χ2v) is 11.0. The molecule has 1 amide bonds. The second-order valence-electron chi connectivity index (χ2n) is 10.2. The van der Waals surface area contributed by atoms with Crippen molar-refractivity contribution in [3.05, 3.63) is 62.9 Å². The number of rotatable bonds is 6. The van der Waals surface area contributed by atoms with Gasteiger partial charge in [-0.1, -0.05) is 23.2 Å². The molecule has 6 rings (SSSR count). The predicted molar refractivity (Wildman–Crippen MR) is 155 cm³/mol. The smallest absolute Gasteiger partial charge is 0.263 e. The number of nitrogens with zero attached hydrogens (tertiary/aromatic N) is 5. The summed E-state index contributed by atoms with van der Waals surface area (Å²) in [6.45, 7) is 1.14. The van der Waals surface area contributed by atoms with E-state index in [1.165, 1.54) is 29.2 Å². The van der Waals surface area contributed by atoms with E-state index in [0.717, 1.165) is 25.1 Å². The van der Waals surface area contributed by atoms with Crippen molar-refractivity contribution in [1.82, 2.24) is 19.1 Å². The van der Waals surface area contributed by atoms with Gasteiger partial charge in [0.2, 0.25) is 5.91 Å². The second kappa shape index (κ2) is 10.8. The molecule has 4 heterocycles. The highest BCUT2D eigenvalue weighted by Gasteiger charge is 2.37. The minimum Gasteiger partial charge on any atom is -0.506 e. The normalized spacial score (nSPS) is 18.5. The summed E-state index contributed by atoms with van der Waals surface area (Å²) in [5.41, 5.74) is 1.15. The van der Waals surface area contributed by atoms with Crippen LogP contribution in [0.5, 0.6) is 5.75 Å². The first-order valence-electron chi connectivity index (χ1n) is 13.1. The molecule has 1 aromatic carbocycles. The molecule has 0 spiro atoms. The van der Waals surface area contributed by atoms with Crippen molar-refractivity contribution in [3.63, 3.8) is 0 Å². The first-order valence-corrected chi connectivity index (χ1v) is 13.9. The number of aryl methyl sites for hydroxylation is 1. The van der Waals surface area contributed by atoms with Crippen molar-refractivity contribution in [2.24, 2.45) is 7.05 Å². The minimum absolute atomic E-state index is 0.0285. The number of halogens is 2. The van der Waals surface area contributed by atoms with Crippen LogP contribution in [0, 0.1) is 0 Å². The topological polar surface area (TPSA) is 132 Å². The summed E-state index contributed by atoms with van der Waals surface area (Å²) < 4.78 is 8.78. The molecule has 1 saturated heterocycles. The lowest BCUT2D eigenvalue weighted by Gasteiger charge is -2.38. The zero-order valence-corrected chi connectivity index (χ0v) is 23.5. The molecular formula is C28H26Cl2N6O5. The maximum absolute atomic E-state index is 13.3. The average molecular weight is 597 g/mol. The Bertz CT molecular complexity index is 1750. The van der Waals surface area contributed by atoms with E-state index in [1.54, 1.807) is 23.9 Å². The van der Waals surface area contributed by atoms with Gasteiger partial charge in [-0.05, 0) is 37.0 Å². The van der Waals surface area contributed by atoms with Gasteiger partial charge in [-0.3, -0.25) is 14.4 Å². The molecule has 2 fully saturated rings. The van der Waals surface area contributed by atoms with Crippen LogP contribution in [0.25, 0.3) is 22.2 Å². The van der Waals surface area contributed by atoms with Crippen LogP contribution in [-0.4, -0.2) is 61.7 Å². The lowest BCUT2D eigenvalue weighted by molar-refractivity contribution is -0.116. The van der Waals surface area contributed by atoms with Crippen molar-refractivity contribution in [3.8, 4) is 16.9 Å². The lowest BCUT2D eigenvalue weighted by Crippen LogP contribution is -2.49. The molecule has 41 heavy (non-hydrogen) atoms. The van der Waals surface area contributed by atoms with Crippen molar-refractivity contribution in [2.45, 2.75) is 38.0 Å². The summed E-state index contributed by atoms with van der Waals surface area (Å²) in [4.78, 5) is 49.1. The number of carbonyl (C=O) groups excluding carboxylic acids is 2. The van der Waals surface area contributed by atoms with Gasteiger partial charge in [0.05, 0.1) is 58.0 Å². The fourth-order valence-corrected chi connectivity index (χ4v) is 6.08. The fourth-order valence-electron chi connectivity index (χ4n) is 5.71. The minimum atomic E-state index is -0.395. The number of hydrogen-bond acceptors (Lipinski definition) is 8. The Kier molecular flexibility index (Phi) is 7.18. The number of aromatic nitrogens is 4. The van der Waals surface area contributed by atoms with Crippen molar-refractivity contribution < 1.29 is 19.4 Å². The van der Waals surface area contributed by atoms with Gasteiger partial charge >= 0.3 is 0 Å². The van der Waals surface area contributed by atoms with Gasteiger partial charge in [-0.2, -0.15) is 0 Å². The number of hydrogen-bond donors (Lipinski definition) is 2. The molecule has 11 nitrogen and oxygen atoms in total. The molecule has 2 unspecified atom stereocenters. The quantitative estimate of drug-likeness (QED) is 0.319. The van der Waals surface area contributed by atoms with Gasteiger partial charge in [0.1, 0.15) is 23.8 Å². The molecule has 1 aliphatic carbocycles. The van der Waals surface area contributed by atoms with E-state index in [4.69, 9.17) is 27.9 Å². The third-order valence-electron chi connectivity index (χ3n) is 7.67. The number of fused-ring (bicyclic) bond motifs is 2. The van der Waals surface area contributed by atoms with Crippen LogP contribution in [0.2, 0.25) is 10.0 Å². The van der Waals surface area contributed by atoms with Crippen LogP contribution in [0.1, 0.15) is 29.6 Å². The van der Waals surface area contributed by atoms with Crippen molar-refractivity contribution in [1.29, 1.82) is 0 Å². The van der Waals surface area contributed by atoms with Crippen LogP contribution in [0.15, 0.2) is 41.7 Å². The molecule has 212 valence electrons. The van der Waals surface area contributed by atoms with E-state index in [1.807, 2.05) is 0 Å². The number of nitrogens with one attached hydrogen (secondary N) is 1. The van der Waals surface area contributed by atoms with E-state index in [-0.39, 0.29) is 51.6 Å². The Morgan fingerprint density at radius 3 is 2.85 bits per heavy atom. The van der Waals surface area contributed by atoms with Crippen molar-refractivity contribution in [2.75, 3.05) is 23.4 Å². The number of phenols is 1. The van der Waals surface area contributed by atoms with Gasteiger partial charge in [0, 0.05) is 31.4 Å². The van der Waals surface area contributed by atoms with Crippen LogP contribution in [0.4, 0.5) is 11.5 Å². The third-order valence-corrected chi connectivity index (χ3v) is 8.26. The molecule has 1 saturated carbocycles. The zero-order chi connectivity index (χ0) is 28.8. The highest BCUT2D eigenvalue weighted by atomic mass is 35.5. The number of carbonyl (C=O) groups is 2. The Balaban J connectivity index is 1.32. The summed E-state index contributed by atoms with van der Waals surface area (Å²) >= 11 is 12.6. The van der Waals surface area contributed by atoms with E-state index < -0.39 is 5.91 Å². The SMILES string of the molecule is Cn1cnc2c(c(-c3cc(Cl)c(O)c(C=O)c3)cn2CC(=O)Nc2cc(N3CCOC4CCCC43)ncc2Cl)c1=O. The zero-order valence-electron chi connectivity index (χ0n) is 22.0. The van der Waals surface area contributed by atoms with Gasteiger partial charge in [0.25, 0.3) is 5.56 Å². The highest BCUT2D eigenvalue weighted by Crippen LogP contribution is 2.36. The lowest BCUT2D eigenvalue weighted by atomic mass is 10.0. The maximum Gasteiger partial charge on any atom is 0.263 e. The monoisotopic (exact) mass is 596 g/mol. The Labute approximate surface area is 244 Å². The molecule has 4 aromatic rings. The summed E-state index contributed by atoms with van der Waals surface area (Å²) in [5, 5.41) is 13.5. The van der Waals surface area contributed by atoms with Gasteiger partial charge in [-0.15, -0.1) is 0 Å². The van der Waals surface area contributed by atoms with Crippen LogP contribution in [-0.2, 0) is 23.1 Å². The number of phenolic OH excluding ortho intramolecular Hbond substituents is 1. The standard InChI is InChI=1S/C28H26Cl2N6O5/c1-34-14-32-27-25(28(34)40)17(15-7-16(13-37)26(39)18(29)8-15)11-35(27)12-24(38)33-20-9-23(31-10-19(20)30)36-5-6-41-22-4-2-3-21(22)36/h7-11,13-14,21-22,39H,2-6,12H2,1H3,(H,31,33,38). The van der Waals surface area contributed by atoms with E-state index >= 15 is 0 Å². The molecule has 13 heteroatoms. The van der Waals surface area contributed by atoms with Gasteiger partial charge in [-0.25, -0.2) is 9.97 Å². The molecule has 1 aliphatic heterocycles. The Hall–Kier alpha value is -3.93. The number of amides is 1. The molecule has 2 atom stereocenters. The molecule has 3 aromatic heterocycles. The maximum atomic E-state index is 13.3. The first-order chi connectivity index (χ1) is 19.7. The Morgan fingerprint density at radius 1 is 1.22 bits per heavy atom. The number of anilines is 2. The van der Waals surface area contributed by atoms with Crippen LogP contribution < -0.4 is 15.8 Å². The van der Waals surface area contributed by atoms with Gasteiger partial charge in [0.15, 0.2) is 6.29 Å². The summed E-state index contributed by atoms with van der Waals surface area (Å²) in [6, 6.07) is 4.90. The number of pyridine rings is 1. The van der Waals surface area contributed by atoms with E-state index in [0.29, 0.717) is 41.3 Å². The highest BCUT2D eigenvalue weighted by molar-refractivity contribution is 6.33. The molecule has 0 bridgehead atoms. The summed E-state index contributed by atoms with van der Waals surface area (Å²) in [6.07, 6.45) is 8.30. The third kappa shape index (κ3) is 4.94. The molecular weight excluding hydrogens is 571 g/mol. The summed E-state index contributed by atoms with van der Waals surface area (Å²) in [5.74, 6) is -0.0272. The molecule has 2 N–H and O–H groups in total. The average Bonchev–Trinajstić information content (AvgIpc) is 3.58. The van der Waals surface area contributed by atoms with E-state index in [9.17, 15) is 19.5 Å². The number of aldehydes is 1. The summed E-state index contributed by atoms with van der Waals surface area (Å²) in [7, 11) is 1.56. The van der Waals surface area contributed by atoms with Crippen molar-refractivity contribution >= 4 is 57.9 Å². The molecule has 0 radical (unpaired) electrons. The molecule has 2 aliphatic rings. The predicted octanol–water partition coefficient (Wildman–Crippen LogP) is 4.02. The number of aromatic hydroxyl groups is 1.